The highest BCUT2D eigenvalue weighted by Gasteiger charge is 2.19. The van der Waals surface area contributed by atoms with E-state index >= 15 is 0 Å². The van der Waals surface area contributed by atoms with Crippen molar-refractivity contribution in [1.29, 1.82) is 5.26 Å². The number of rotatable bonds is 8. The van der Waals surface area contributed by atoms with Crippen molar-refractivity contribution in [3.63, 3.8) is 0 Å². The molecule has 28 heavy (non-hydrogen) atoms. The van der Waals surface area contributed by atoms with Crippen LogP contribution in [0.25, 0.3) is 0 Å². The molecule has 0 bridgehead atoms. The number of benzene rings is 2. The molecular weight excluding hydrogens is 382 g/mol. The lowest BCUT2D eigenvalue weighted by Gasteiger charge is -2.19. The van der Waals surface area contributed by atoms with Crippen molar-refractivity contribution >= 4 is 27.6 Å². The molecular formula is C19H19N3O5S. The van der Waals surface area contributed by atoms with Gasteiger partial charge in [-0.05, 0) is 36.4 Å². The molecule has 8 nitrogen and oxygen atoms in total. The summed E-state index contributed by atoms with van der Waals surface area (Å²) in [6.45, 7) is 1.17. The van der Waals surface area contributed by atoms with Crippen molar-refractivity contribution < 1.29 is 22.7 Å². The van der Waals surface area contributed by atoms with E-state index in [4.69, 9.17) is 10.00 Å². The number of hydrogen-bond acceptors (Lipinski definition) is 6. The zero-order valence-electron chi connectivity index (χ0n) is 15.2. The molecule has 2 rings (SSSR count). The van der Waals surface area contributed by atoms with Crippen LogP contribution in [0.5, 0.6) is 0 Å². The van der Waals surface area contributed by atoms with Crippen LogP contribution >= 0.6 is 0 Å². The van der Waals surface area contributed by atoms with Crippen molar-refractivity contribution in [1.82, 2.24) is 4.72 Å². The van der Waals surface area contributed by atoms with E-state index in [0.717, 1.165) is 0 Å². The second-order valence-corrected chi connectivity index (χ2v) is 7.34. The molecule has 0 aliphatic heterocycles. The van der Waals surface area contributed by atoms with Crippen LogP contribution in [0.15, 0.2) is 59.5 Å². The monoisotopic (exact) mass is 401 g/mol. The quantitative estimate of drug-likeness (QED) is 0.531. The lowest BCUT2D eigenvalue weighted by molar-refractivity contribution is -0.121. The number of nitrogens with zero attached hydrogens (tertiary/aromatic N) is 2. The highest BCUT2D eigenvalue weighted by atomic mass is 32.2. The average molecular weight is 401 g/mol. The maximum atomic E-state index is 12.3. The van der Waals surface area contributed by atoms with Crippen molar-refractivity contribution in [2.24, 2.45) is 0 Å². The number of anilines is 1. The highest BCUT2D eigenvalue weighted by Crippen LogP contribution is 2.14. The van der Waals surface area contributed by atoms with Gasteiger partial charge < -0.3 is 4.74 Å². The molecule has 0 aliphatic carbocycles. The number of carbonyl (C=O) groups is 2. The second-order valence-electron chi connectivity index (χ2n) is 5.58. The molecule has 1 amide bonds. The third-order valence-electron chi connectivity index (χ3n) is 3.66. The van der Waals surface area contributed by atoms with Crippen molar-refractivity contribution in [3.8, 4) is 6.07 Å². The second kappa shape index (κ2) is 9.64. The summed E-state index contributed by atoms with van der Waals surface area (Å²) in [5, 5.41) is 8.93. The van der Waals surface area contributed by atoms with Gasteiger partial charge in [-0.3, -0.25) is 9.69 Å². The number of nitriles is 1. The van der Waals surface area contributed by atoms with Gasteiger partial charge in [0, 0.05) is 12.2 Å². The topological polar surface area (TPSA) is 117 Å². The van der Waals surface area contributed by atoms with Crippen molar-refractivity contribution in [2.75, 3.05) is 24.6 Å². The van der Waals surface area contributed by atoms with Gasteiger partial charge in [-0.25, -0.2) is 17.9 Å². The molecule has 0 fully saturated rings. The fourth-order valence-electron chi connectivity index (χ4n) is 2.33. The van der Waals surface area contributed by atoms with Gasteiger partial charge in [0.05, 0.1) is 16.5 Å². The van der Waals surface area contributed by atoms with Crippen LogP contribution in [-0.2, 0) is 19.6 Å². The number of ether oxygens (including phenoxy) is 1. The minimum absolute atomic E-state index is 0.0197. The van der Waals surface area contributed by atoms with E-state index in [2.05, 4.69) is 4.72 Å². The maximum absolute atomic E-state index is 12.3. The molecule has 0 saturated heterocycles. The van der Waals surface area contributed by atoms with Crippen LogP contribution in [0, 0.1) is 11.3 Å². The molecule has 9 heteroatoms. The minimum atomic E-state index is -3.62. The first kappa shape index (κ1) is 21.1. The van der Waals surface area contributed by atoms with Crippen LogP contribution in [0.3, 0.4) is 0 Å². The Bertz CT molecular complexity index is 967. The number of carbonyl (C=O) groups excluding carboxylic acids is 2. The summed E-state index contributed by atoms with van der Waals surface area (Å²) in [5.74, 6) is -1.32. The summed E-state index contributed by atoms with van der Waals surface area (Å²) in [6, 6.07) is 15.6. The third kappa shape index (κ3) is 5.39. The summed E-state index contributed by atoms with van der Waals surface area (Å²) in [7, 11) is -3.62. The minimum Gasteiger partial charge on any atom is -0.452 e. The molecule has 0 radical (unpaired) electrons. The van der Waals surface area contributed by atoms with Gasteiger partial charge in [0.25, 0.3) is 5.91 Å². The standard InChI is InChI=1S/C19H19N3O5S/c1-2-21-28(25,26)17-10-8-15(9-11-17)19(24)27-14-18(23)22(13-12-20)16-6-4-3-5-7-16/h3-11,21H,2,13-14H2,1H3. The number of nitrogens with one attached hydrogen (secondary N) is 1. The first-order chi connectivity index (χ1) is 13.4. The van der Waals surface area contributed by atoms with Gasteiger partial charge in [0.1, 0.15) is 6.54 Å². The molecule has 2 aromatic rings. The van der Waals surface area contributed by atoms with Crippen LogP contribution in [0.4, 0.5) is 5.69 Å². The predicted molar refractivity (Wildman–Crippen MR) is 102 cm³/mol. The van der Waals surface area contributed by atoms with E-state index in [9.17, 15) is 18.0 Å². The summed E-state index contributed by atoms with van der Waals surface area (Å²) in [6.07, 6.45) is 0. The van der Waals surface area contributed by atoms with Gasteiger partial charge >= 0.3 is 5.97 Å². The Morgan fingerprint density at radius 2 is 1.75 bits per heavy atom. The van der Waals surface area contributed by atoms with E-state index in [0.29, 0.717) is 5.69 Å². The van der Waals surface area contributed by atoms with Gasteiger partial charge in [0.2, 0.25) is 10.0 Å². The number of sulfonamides is 1. The number of esters is 1. The molecule has 146 valence electrons. The average Bonchev–Trinajstić information content (AvgIpc) is 2.70. The molecule has 0 atom stereocenters. The number of hydrogen-bond donors (Lipinski definition) is 1. The largest absolute Gasteiger partial charge is 0.452 e. The Morgan fingerprint density at radius 3 is 2.32 bits per heavy atom. The van der Waals surface area contributed by atoms with Crippen molar-refractivity contribution in [2.45, 2.75) is 11.8 Å². The molecule has 2 aromatic carbocycles. The highest BCUT2D eigenvalue weighted by molar-refractivity contribution is 7.89. The van der Waals surface area contributed by atoms with E-state index in [-0.39, 0.29) is 23.5 Å². The maximum Gasteiger partial charge on any atom is 0.338 e. The third-order valence-corrected chi connectivity index (χ3v) is 5.22. The van der Waals surface area contributed by atoms with E-state index in [1.165, 1.54) is 29.2 Å². The molecule has 0 unspecified atom stereocenters. The fourth-order valence-corrected chi connectivity index (χ4v) is 3.38. The summed E-state index contributed by atoms with van der Waals surface area (Å²) >= 11 is 0. The van der Waals surface area contributed by atoms with Gasteiger partial charge in [-0.1, -0.05) is 25.1 Å². The Hall–Kier alpha value is -3.22. The lowest BCUT2D eigenvalue weighted by Crippen LogP contribution is -2.35. The Balaban J connectivity index is 2.03. The van der Waals surface area contributed by atoms with Crippen LogP contribution in [0.2, 0.25) is 0 Å². The first-order valence-corrected chi connectivity index (χ1v) is 9.86. The smallest absolute Gasteiger partial charge is 0.338 e. The molecule has 0 aromatic heterocycles. The molecule has 1 N–H and O–H groups in total. The Labute approximate surface area is 163 Å². The Morgan fingerprint density at radius 1 is 1.11 bits per heavy atom. The molecule has 0 spiro atoms. The molecule has 0 aliphatic rings. The lowest BCUT2D eigenvalue weighted by atomic mass is 10.2. The van der Waals surface area contributed by atoms with Crippen LogP contribution in [0.1, 0.15) is 17.3 Å². The first-order valence-electron chi connectivity index (χ1n) is 8.38. The molecule has 0 heterocycles. The van der Waals surface area contributed by atoms with Crippen LogP contribution < -0.4 is 9.62 Å². The van der Waals surface area contributed by atoms with Crippen molar-refractivity contribution in [3.05, 3.63) is 60.2 Å². The summed E-state index contributed by atoms with van der Waals surface area (Å²) in [5.41, 5.74) is 0.623. The normalized spacial score (nSPS) is 10.7. The van der Waals surface area contributed by atoms with Crippen LogP contribution in [-0.4, -0.2) is 40.0 Å². The summed E-state index contributed by atoms with van der Waals surface area (Å²) < 4.78 is 31.1. The van der Waals surface area contributed by atoms with E-state index in [1.54, 1.807) is 37.3 Å². The Kier molecular flexibility index (Phi) is 7.26. The molecule has 0 saturated carbocycles. The fraction of sp³-hybridized carbons (Fsp3) is 0.211. The SMILES string of the molecule is CCNS(=O)(=O)c1ccc(C(=O)OCC(=O)N(CC#N)c2ccccc2)cc1. The zero-order valence-corrected chi connectivity index (χ0v) is 16.0. The zero-order chi connectivity index (χ0) is 20.6. The predicted octanol–water partition coefficient (Wildman–Crippen LogP) is 1.70. The number of amides is 1. The van der Waals surface area contributed by atoms with Gasteiger partial charge in [0.15, 0.2) is 6.61 Å². The van der Waals surface area contributed by atoms with E-state index in [1.807, 2.05) is 6.07 Å². The van der Waals surface area contributed by atoms with Gasteiger partial charge in [-0.15, -0.1) is 0 Å². The number of para-hydroxylation sites is 1. The summed E-state index contributed by atoms with van der Waals surface area (Å²) in [4.78, 5) is 25.7. The van der Waals surface area contributed by atoms with E-state index < -0.39 is 28.5 Å². The van der Waals surface area contributed by atoms with Gasteiger partial charge in [-0.2, -0.15) is 5.26 Å².